The van der Waals surface area contributed by atoms with E-state index in [4.69, 9.17) is 0 Å². The summed E-state index contributed by atoms with van der Waals surface area (Å²) in [5.41, 5.74) is 0.372. The molecule has 1 saturated carbocycles. The zero-order valence-corrected chi connectivity index (χ0v) is 10.2. The van der Waals surface area contributed by atoms with Crippen LogP contribution in [0.5, 0.6) is 0 Å². The van der Waals surface area contributed by atoms with Crippen LogP contribution in [0.2, 0.25) is 0 Å². The molecule has 0 bridgehead atoms. The summed E-state index contributed by atoms with van der Waals surface area (Å²) in [6, 6.07) is 0. The lowest BCUT2D eigenvalue weighted by Gasteiger charge is -2.05. The van der Waals surface area contributed by atoms with Crippen molar-refractivity contribution in [1.82, 2.24) is 15.3 Å². The zero-order chi connectivity index (χ0) is 12.3. The smallest absolute Gasteiger partial charge is 0.271 e. The molecule has 1 aromatic heterocycles. The molecule has 0 spiro atoms. The summed E-state index contributed by atoms with van der Waals surface area (Å²) in [5, 5.41) is 5.92. The summed E-state index contributed by atoms with van der Waals surface area (Å²) < 4.78 is 0. The van der Waals surface area contributed by atoms with Gasteiger partial charge in [0.25, 0.3) is 5.91 Å². The van der Waals surface area contributed by atoms with Gasteiger partial charge in [-0.05, 0) is 25.2 Å². The van der Waals surface area contributed by atoms with Crippen LogP contribution in [0.1, 0.15) is 30.8 Å². The van der Waals surface area contributed by atoms with E-state index in [0.29, 0.717) is 17.4 Å². The summed E-state index contributed by atoms with van der Waals surface area (Å²) in [5.74, 6) is 1.88. The summed E-state index contributed by atoms with van der Waals surface area (Å²) in [6.07, 6.45) is 4.32. The molecule has 1 amide bonds. The Balaban J connectivity index is 1.91. The van der Waals surface area contributed by atoms with Crippen molar-refractivity contribution in [3.8, 4) is 0 Å². The molecule has 2 unspecified atom stereocenters. The summed E-state index contributed by atoms with van der Waals surface area (Å²) in [6.45, 7) is 5.68. The fourth-order valence-corrected chi connectivity index (χ4v) is 1.74. The molecule has 1 aromatic rings. The number of carbonyl (C=O) groups is 1. The van der Waals surface area contributed by atoms with Gasteiger partial charge in [0.2, 0.25) is 0 Å². The van der Waals surface area contributed by atoms with Crippen LogP contribution in [0, 0.1) is 11.8 Å². The Labute approximate surface area is 101 Å². The van der Waals surface area contributed by atoms with Crippen LogP contribution in [0.3, 0.4) is 0 Å². The predicted octanol–water partition coefficient (Wildman–Crippen LogP) is 1.29. The van der Waals surface area contributed by atoms with Gasteiger partial charge in [-0.25, -0.2) is 4.98 Å². The molecule has 2 rings (SSSR count). The maximum Gasteiger partial charge on any atom is 0.271 e. The van der Waals surface area contributed by atoms with Crippen molar-refractivity contribution in [2.45, 2.75) is 20.3 Å². The van der Waals surface area contributed by atoms with Gasteiger partial charge < -0.3 is 10.6 Å². The summed E-state index contributed by atoms with van der Waals surface area (Å²) in [4.78, 5) is 20.0. The Bertz CT molecular complexity index is 407. The molecule has 0 radical (unpaired) electrons. The molecule has 2 atom stereocenters. The second kappa shape index (κ2) is 5.12. The number of aromatic nitrogens is 2. The molecule has 17 heavy (non-hydrogen) atoms. The number of rotatable bonds is 5. The Kier molecular flexibility index (Phi) is 3.56. The van der Waals surface area contributed by atoms with Crippen molar-refractivity contribution in [1.29, 1.82) is 0 Å². The number of hydrogen-bond donors (Lipinski definition) is 2. The van der Waals surface area contributed by atoms with E-state index in [9.17, 15) is 4.79 Å². The lowest BCUT2D eigenvalue weighted by molar-refractivity contribution is 0.0946. The van der Waals surface area contributed by atoms with Gasteiger partial charge in [-0.3, -0.25) is 9.78 Å². The maximum atomic E-state index is 11.8. The SMILES string of the molecule is CCNc1cncc(C(=O)NCC2CC2C)n1. The van der Waals surface area contributed by atoms with Crippen molar-refractivity contribution in [2.24, 2.45) is 11.8 Å². The second-order valence-corrected chi connectivity index (χ2v) is 4.50. The van der Waals surface area contributed by atoms with E-state index in [1.807, 2.05) is 6.92 Å². The van der Waals surface area contributed by atoms with E-state index in [-0.39, 0.29) is 5.91 Å². The first-order chi connectivity index (χ1) is 8.20. The van der Waals surface area contributed by atoms with Gasteiger partial charge in [0.15, 0.2) is 0 Å². The Morgan fingerprint density at radius 3 is 2.94 bits per heavy atom. The van der Waals surface area contributed by atoms with Crippen LogP contribution in [0.25, 0.3) is 0 Å². The minimum atomic E-state index is -0.142. The predicted molar refractivity (Wildman–Crippen MR) is 65.8 cm³/mol. The fraction of sp³-hybridized carbons (Fsp3) is 0.583. The lowest BCUT2D eigenvalue weighted by Crippen LogP contribution is -2.27. The third-order valence-corrected chi connectivity index (χ3v) is 3.03. The van der Waals surface area contributed by atoms with Gasteiger partial charge in [-0.2, -0.15) is 0 Å². The van der Waals surface area contributed by atoms with Gasteiger partial charge in [0.05, 0.1) is 12.4 Å². The molecule has 1 fully saturated rings. The van der Waals surface area contributed by atoms with E-state index in [1.54, 1.807) is 6.20 Å². The molecular formula is C12H18N4O. The number of hydrogen-bond acceptors (Lipinski definition) is 4. The van der Waals surface area contributed by atoms with Crippen molar-refractivity contribution in [3.63, 3.8) is 0 Å². The monoisotopic (exact) mass is 234 g/mol. The Morgan fingerprint density at radius 1 is 1.53 bits per heavy atom. The first-order valence-electron chi connectivity index (χ1n) is 6.04. The van der Waals surface area contributed by atoms with Crippen LogP contribution >= 0.6 is 0 Å². The first kappa shape index (κ1) is 11.8. The van der Waals surface area contributed by atoms with Gasteiger partial charge in [0, 0.05) is 13.1 Å². The molecule has 1 aliphatic rings. The van der Waals surface area contributed by atoms with Gasteiger partial charge >= 0.3 is 0 Å². The van der Waals surface area contributed by atoms with Crippen LogP contribution in [0.15, 0.2) is 12.4 Å². The highest BCUT2D eigenvalue weighted by atomic mass is 16.1. The normalized spacial score (nSPS) is 22.0. The zero-order valence-electron chi connectivity index (χ0n) is 10.2. The second-order valence-electron chi connectivity index (χ2n) is 4.50. The Morgan fingerprint density at radius 2 is 2.29 bits per heavy atom. The van der Waals surface area contributed by atoms with Crippen molar-refractivity contribution in [2.75, 3.05) is 18.4 Å². The summed E-state index contributed by atoms with van der Waals surface area (Å²) >= 11 is 0. The number of carbonyl (C=O) groups excluding carboxylic acids is 1. The third kappa shape index (κ3) is 3.15. The standard InChI is InChI=1S/C12H18N4O/c1-3-14-11-7-13-6-10(16-11)12(17)15-5-9-4-8(9)2/h6-9H,3-5H2,1-2H3,(H,14,16)(H,15,17). The van der Waals surface area contributed by atoms with E-state index in [2.05, 4.69) is 27.5 Å². The van der Waals surface area contributed by atoms with Crippen LogP contribution in [0.4, 0.5) is 5.82 Å². The number of nitrogens with one attached hydrogen (secondary N) is 2. The van der Waals surface area contributed by atoms with Crippen molar-refractivity contribution in [3.05, 3.63) is 18.1 Å². The molecule has 0 aromatic carbocycles. The van der Waals surface area contributed by atoms with Crippen molar-refractivity contribution >= 4 is 11.7 Å². The Hall–Kier alpha value is -1.65. The van der Waals surface area contributed by atoms with Gasteiger partial charge in [-0.1, -0.05) is 6.92 Å². The lowest BCUT2D eigenvalue weighted by atomic mass is 10.3. The van der Waals surface area contributed by atoms with Crippen LogP contribution < -0.4 is 10.6 Å². The number of amides is 1. The van der Waals surface area contributed by atoms with Gasteiger partial charge in [0.1, 0.15) is 11.5 Å². The fourth-order valence-electron chi connectivity index (χ4n) is 1.74. The molecule has 0 saturated heterocycles. The summed E-state index contributed by atoms with van der Waals surface area (Å²) in [7, 11) is 0. The number of nitrogens with zero attached hydrogens (tertiary/aromatic N) is 2. The van der Waals surface area contributed by atoms with Crippen molar-refractivity contribution < 1.29 is 4.79 Å². The molecule has 1 aliphatic carbocycles. The highest BCUT2D eigenvalue weighted by Gasteiger charge is 2.32. The van der Waals surface area contributed by atoms with Gasteiger partial charge in [-0.15, -0.1) is 0 Å². The van der Waals surface area contributed by atoms with Crippen LogP contribution in [-0.2, 0) is 0 Å². The van der Waals surface area contributed by atoms with E-state index in [1.165, 1.54) is 12.6 Å². The van der Waals surface area contributed by atoms with E-state index in [0.717, 1.165) is 19.0 Å². The molecule has 1 heterocycles. The highest BCUT2D eigenvalue weighted by molar-refractivity contribution is 5.92. The molecule has 2 N–H and O–H groups in total. The van der Waals surface area contributed by atoms with E-state index < -0.39 is 0 Å². The first-order valence-corrected chi connectivity index (χ1v) is 6.04. The molecular weight excluding hydrogens is 216 g/mol. The quantitative estimate of drug-likeness (QED) is 0.805. The topological polar surface area (TPSA) is 66.9 Å². The average molecular weight is 234 g/mol. The van der Waals surface area contributed by atoms with E-state index >= 15 is 0 Å². The average Bonchev–Trinajstić information content (AvgIpc) is 3.03. The molecule has 0 aliphatic heterocycles. The van der Waals surface area contributed by atoms with Crippen LogP contribution in [-0.4, -0.2) is 29.0 Å². The largest absolute Gasteiger partial charge is 0.369 e. The minimum Gasteiger partial charge on any atom is -0.369 e. The third-order valence-electron chi connectivity index (χ3n) is 3.03. The highest BCUT2D eigenvalue weighted by Crippen LogP contribution is 2.36. The molecule has 92 valence electrons. The number of anilines is 1. The molecule has 5 nitrogen and oxygen atoms in total. The minimum absolute atomic E-state index is 0.142. The molecule has 5 heteroatoms. The maximum absolute atomic E-state index is 11.8.